The summed E-state index contributed by atoms with van der Waals surface area (Å²) in [7, 11) is 0. The first-order valence-electron chi connectivity index (χ1n) is 14.9. The summed E-state index contributed by atoms with van der Waals surface area (Å²) in [5.74, 6) is 1.16. The van der Waals surface area contributed by atoms with Gasteiger partial charge in [-0.25, -0.2) is 0 Å². The van der Waals surface area contributed by atoms with Crippen LogP contribution in [0.2, 0.25) is 0 Å². The van der Waals surface area contributed by atoms with Crippen molar-refractivity contribution in [3.05, 3.63) is 40.6 Å². The highest BCUT2D eigenvalue weighted by Crippen LogP contribution is 2.40. The maximum absolute atomic E-state index is 6.55. The number of aryl methyl sites for hydroxylation is 1. The average molecular weight is 501 g/mol. The Morgan fingerprint density at radius 1 is 0.892 bits per heavy atom. The molecule has 0 amide bonds. The molecule has 6 heterocycles. The second kappa shape index (κ2) is 8.84. The number of hydrogen-bond acceptors (Lipinski definition) is 7. The van der Waals surface area contributed by atoms with Crippen molar-refractivity contribution in [1.29, 1.82) is 0 Å². The maximum atomic E-state index is 6.55. The fourth-order valence-electron chi connectivity index (χ4n) is 8.45. The number of aromatic nitrogens is 2. The number of anilines is 2. The average Bonchev–Trinajstić information content (AvgIpc) is 3.70. The van der Waals surface area contributed by atoms with Crippen molar-refractivity contribution in [3.8, 4) is 6.01 Å². The quantitative estimate of drug-likeness (QED) is 0.675. The van der Waals surface area contributed by atoms with Crippen LogP contribution in [-0.4, -0.2) is 71.8 Å². The van der Waals surface area contributed by atoms with Gasteiger partial charge in [-0.05, 0) is 94.5 Å². The zero-order valence-corrected chi connectivity index (χ0v) is 22.1. The van der Waals surface area contributed by atoms with E-state index in [1.165, 1.54) is 87.8 Å². The molecular formula is C30H40N6O. The molecular weight excluding hydrogens is 460 g/mol. The van der Waals surface area contributed by atoms with Crippen LogP contribution in [-0.2, 0) is 25.8 Å². The summed E-state index contributed by atoms with van der Waals surface area (Å²) in [5, 5.41) is 3.79. The molecule has 196 valence electrons. The predicted octanol–water partition coefficient (Wildman–Crippen LogP) is 3.48. The molecule has 5 aliphatic heterocycles. The van der Waals surface area contributed by atoms with Crippen molar-refractivity contribution in [3.63, 3.8) is 0 Å². The van der Waals surface area contributed by atoms with Gasteiger partial charge in [-0.15, -0.1) is 0 Å². The third kappa shape index (κ3) is 3.84. The summed E-state index contributed by atoms with van der Waals surface area (Å²) in [4.78, 5) is 18.1. The number of piperazine rings is 1. The summed E-state index contributed by atoms with van der Waals surface area (Å²) in [6, 6.07) is 8.68. The van der Waals surface area contributed by atoms with Crippen molar-refractivity contribution in [2.45, 2.75) is 88.4 Å². The first-order chi connectivity index (χ1) is 18.2. The Kier molecular flexibility index (Phi) is 5.40. The normalized spacial score (nSPS) is 27.9. The fourth-order valence-corrected chi connectivity index (χ4v) is 8.45. The van der Waals surface area contributed by atoms with E-state index in [9.17, 15) is 0 Å². The van der Waals surface area contributed by atoms with Gasteiger partial charge in [0.1, 0.15) is 12.4 Å². The topological polar surface area (TPSA) is 56.8 Å². The monoisotopic (exact) mass is 500 g/mol. The van der Waals surface area contributed by atoms with Gasteiger partial charge < -0.3 is 19.9 Å². The van der Waals surface area contributed by atoms with Crippen LogP contribution in [0.1, 0.15) is 67.3 Å². The zero-order valence-electron chi connectivity index (χ0n) is 22.1. The van der Waals surface area contributed by atoms with E-state index in [0.717, 1.165) is 45.0 Å². The largest absolute Gasteiger partial charge is 0.461 e. The van der Waals surface area contributed by atoms with Gasteiger partial charge in [0.05, 0.1) is 17.8 Å². The Morgan fingerprint density at radius 2 is 1.73 bits per heavy atom. The van der Waals surface area contributed by atoms with Crippen LogP contribution in [0, 0.1) is 0 Å². The second-order valence-corrected chi connectivity index (χ2v) is 12.4. The first kappa shape index (κ1) is 22.6. The number of nitrogens with zero attached hydrogens (tertiary/aromatic N) is 5. The molecule has 8 rings (SSSR count). The van der Waals surface area contributed by atoms with Crippen LogP contribution in [0.5, 0.6) is 6.01 Å². The standard InChI is InChI=1S/C30H40N6O/c1-5-21-6-2-8-27(24(21)7-1)34-16-11-25-26(19-34)32-29(37-20-30-12-3-14-36(30)15-4-13-30)33-28(25)35-17-22-9-10-23(18-35)31-22/h2,6,8,22-23,31H,1,3-5,7,9-20H2. The Morgan fingerprint density at radius 3 is 2.57 bits per heavy atom. The molecule has 4 fully saturated rings. The summed E-state index contributed by atoms with van der Waals surface area (Å²) in [6.45, 7) is 7.16. The molecule has 1 aromatic carbocycles. The van der Waals surface area contributed by atoms with Crippen LogP contribution in [0.15, 0.2) is 18.2 Å². The van der Waals surface area contributed by atoms with Crippen molar-refractivity contribution in [1.82, 2.24) is 20.2 Å². The van der Waals surface area contributed by atoms with E-state index in [0.29, 0.717) is 18.1 Å². The van der Waals surface area contributed by atoms with Gasteiger partial charge in [0.25, 0.3) is 0 Å². The highest BCUT2D eigenvalue weighted by molar-refractivity contribution is 5.61. The predicted molar refractivity (Wildman–Crippen MR) is 146 cm³/mol. The van der Waals surface area contributed by atoms with Gasteiger partial charge in [-0.1, -0.05) is 12.1 Å². The van der Waals surface area contributed by atoms with E-state index < -0.39 is 0 Å². The molecule has 1 aromatic heterocycles. The number of hydrogen-bond donors (Lipinski definition) is 1. The Bertz CT molecular complexity index is 1180. The fraction of sp³-hybridized carbons (Fsp3) is 0.667. The van der Waals surface area contributed by atoms with Crippen molar-refractivity contribution in [2.75, 3.05) is 49.1 Å². The molecule has 2 aromatic rings. The van der Waals surface area contributed by atoms with Crippen molar-refractivity contribution >= 4 is 11.5 Å². The molecule has 1 N–H and O–H groups in total. The Labute approximate surface area is 220 Å². The van der Waals surface area contributed by atoms with Crippen LogP contribution in [0.3, 0.4) is 0 Å². The number of fused-ring (bicyclic) bond motifs is 5. The van der Waals surface area contributed by atoms with E-state index in [1.807, 2.05) is 0 Å². The van der Waals surface area contributed by atoms with E-state index in [4.69, 9.17) is 14.7 Å². The summed E-state index contributed by atoms with van der Waals surface area (Å²) < 4.78 is 6.55. The highest BCUT2D eigenvalue weighted by Gasteiger charge is 2.45. The number of rotatable bonds is 5. The number of ether oxygens (including phenoxy) is 1. The van der Waals surface area contributed by atoms with Gasteiger partial charge in [-0.2, -0.15) is 9.97 Å². The molecule has 0 spiro atoms. The van der Waals surface area contributed by atoms with E-state index in [2.05, 4.69) is 38.2 Å². The molecule has 7 heteroatoms. The number of nitrogens with one attached hydrogen (secondary N) is 1. The van der Waals surface area contributed by atoms with Gasteiger partial charge in [0.2, 0.25) is 0 Å². The van der Waals surface area contributed by atoms with Crippen LogP contribution < -0.4 is 19.9 Å². The van der Waals surface area contributed by atoms with Crippen molar-refractivity contribution in [2.24, 2.45) is 0 Å². The molecule has 7 nitrogen and oxygen atoms in total. The summed E-state index contributed by atoms with van der Waals surface area (Å²) in [5.41, 5.74) is 7.29. The Balaban J connectivity index is 1.12. The molecule has 0 saturated carbocycles. The second-order valence-electron chi connectivity index (χ2n) is 12.4. The van der Waals surface area contributed by atoms with E-state index >= 15 is 0 Å². The highest BCUT2D eigenvalue weighted by atomic mass is 16.5. The van der Waals surface area contributed by atoms with E-state index in [1.54, 1.807) is 11.1 Å². The van der Waals surface area contributed by atoms with Gasteiger partial charge in [0.15, 0.2) is 0 Å². The molecule has 1 aliphatic carbocycles. The molecule has 4 saturated heterocycles. The lowest BCUT2D eigenvalue weighted by Gasteiger charge is -2.38. The zero-order chi connectivity index (χ0) is 24.4. The maximum Gasteiger partial charge on any atom is 0.318 e. The minimum atomic E-state index is 0.213. The third-order valence-corrected chi connectivity index (χ3v) is 10.3. The SMILES string of the molecule is c1cc2c(c(N3CCc4c(nc(OCC56CCCN5CCC6)nc4N4CC5CCC(C4)N5)C3)c1)CCC2. The number of benzene rings is 1. The van der Waals surface area contributed by atoms with Gasteiger partial charge in [-0.3, -0.25) is 4.90 Å². The lowest BCUT2D eigenvalue weighted by molar-refractivity contribution is 0.107. The lowest BCUT2D eigenvalue weighted by Crippen LogP contribution is -2.52. The molecule has 37 heavy (non-hydrogen) atoms. The Hall–Kier alpha value is -2.38. The van der Waals surface area contributed by atoms with Crippen LogP contribution in [0.25, 0.3) is 0 Å². The van der Waals surface area contributed by atoms with E-state index in [-0.39, 0.29) is 5.54 Å². The molecule has 0 radical (unpaired) electrons. The van der Waals surface area contributed by atoms with Gasteiger partial charge in [0, 0.05) is 43.0 Å². The lowest BCUT2D eigenvalue weighted by atomic mass is 9.95. The molecule has 2 atom stereocenters. The molecule has 6 aliphatic rings. The van der Waals surface area contributed by atoms with Crippen LogP contribution in [0.4, 0.5) is 11.5 Å². The van der Waals surface area contributed by atoms with Crippen LogP contribution >= 0.6 is 0 Å². The summed E-state index contributed by atoms with van der Waals surface area (Å²) in [6.07, 6.45) is 12.4. The smallest absolute Gasteiger partial charge is 0.318 e. The molecule has 2 unspecified atom stereocenters. The summed E-state index contributed by atoms with van der Waals surface area (Å²) >= 11 is 0. The van der Waals surface area contributed by atoms with Gasteiger partial charge >= 0.3 is 6.01 Å². The minimum absolute atomic E-state index is 0.213. The third-order valence-electron chi connectivity index (χ3n) is 10.3. The van der Waals surface area contributed by atoms with Crippen molar-refractivity contribution < 1.29 is 4.74 Å². The first-order valence-corrected chi connectivity index (χ1v) is 14.9. The minimum Gasteiger partial charge on any atom is -0.461 e. The molecule has 2 bridgehead atoms.